The number of rotatable bonds is 8. The van der Waals surface area contributed by atoms with Gasteiger partial charge >= 0.3 is 0 Å². The summed E-state index contributed by atoms with van der Waals surface area (Å²) in [6.07, 6.45) is 11.0. The molecule has 0 bridgehead atoms. The van der Waals surface area contributed by atoms with Crippen LogP contribution in [0.4, 0.5) is 0 Å². The summed E-state index contributed by atoms with van der Waals surface area (Å²) in [5.41, 5.74) is 2.89. The predicted octanol–water partition coefficient (Wildman–Crippen LogP) is 3.51. The van der Waals surface area contributed by atoms with Gasteiger partial charge in [0.1, 0.15) is 11.2 Å². The summed E-state index contributed by atoms with van der Waals surface area (Å²) in [6.45, 7) is 5.01. The molecule has 5 rings (SSSR count). The number of carbonyl (C=O) groups is 3. The lowest BCUT2D eigenvalue weighted by Gasteiger charge is -2.44. The van der Waals surface area contributed by atoms with Gasteiger partial charge in [0.25, 0.3) is 11.8 Å². The zero-order valence-electron chi connectivity index (χ0n) is 21.2. The molecule has 0 saturated heterocycles. The molecule has 1 saturated carbocycles. The van der Waals surface area contributed by atoms with Gasteiger partial charge in [0.05, 0.1) is 12.9 Å². The average molecular weight is 490 g/mol. The largest absolute Gasteiger partial charge is 0.350 e. The van der Waals surface area contributed by atoms with Gasteiger partial charge in [-0.1, -0.05) is 41.5 Å². The van der Waals surface area contributed by atoms with Crippen LogP contribution in [0.2, 0.25) is 0 Å². The maximum Gasteiger partial charge on any atom is 0.274 e. The third-order valence-electron chi connectivity index (χ3n) is 7.54. The van der Waals surface area contributed by atoms with E-state index in [9.17, 15) is 14.4 Å². The van der Waals surface area contributed by atoms with Crippen molar-refractivity contribution in [3.63, 3.8) is 0 Å². The number of aryl methyl sites for hydroxylation is 1. The molecule has 1 aromatic heterocycles. The lowest BCUT2D eigenvalue weighted by molar-refractivity contribution is -0.133. The zero-order valence-corrected chi connectivity index (χ0v) is 21.2. The molecule has 0 radical (unpaired) electrons. The van der Waals surface area contributed by atoms with Crippen molar-refractivity contribution in [2.75, 3.05) is 6.54 Å². The van der Waals surface area contributed by atoms with Crippen LogP contribution in [0.3, 0.4) is 0 Å². The molecule has 1 aliphatic heterocycles. The van der Waals surface area contributed by atoms with E-state index in [0.717, 1.165) is 43.2 Å². The van der Waals surface area contributed by atoms with Crippen LogP contribution in [0.1, 0.15) is 84.0 Å². The number of imidazole rings is 1. The molecule has 8 nitrogen and oxygen atoms in total. The number of amides is 3. The van der Waals surface area contributed by atoms with Crippen molar-refractivity contribution in [3.05, 3.63) is 64.8 Å². The highest BCUT2D eigenvalue weighted by atomic mass is 16.2. The Kier molecular flexibility index (Phi) is 6.69. The van der Waals surface area contributed by atoms with E-state index in [1.807, 2.05) is 38.1 Å². The fourth-order valence-electron chi connectivity index (χ4n) is 5.47. The highest BCUT2D eigenvalue weighted by Gasteiger charge is 2.53. The second kappa shape index (κ2) is 9.91. The summed E-state index contributed by atoms with van der Waals surface area (Å²) in [5.74, 6) is -0.832. The van der Waals surface area contributed by atoms with Gasteiger partial charge in [-0.05, 0) is 64.4 Å². The topological polar surface area (TPSA) is 96.3 Å². The lowest BCUT2D eigenvalue weighted by atomic mass is 9.93. The van der Waals surface area contributed by atoms with Crippen LogP contribution < -0.4 is 10.6 Å². The molecule has 190 valence electrons. The van der Waals surface area contributed by atoms with Crippen molar-refractivity contribution in [1.82, 2.24) is 25.1 Å². The second-order valence-corrected chi connectivity index (χ2v) is 10.5. The van der Waals surface area contributed by atoms with E-state index < -0.39 is 5.54 Å². The van der Waals surface area contributed by atoms with E-state index >= 15 is 0 Å². The third-order valence-corrected chi connectivity index (χ3v) is 7.54. The van der Waals surface area contributed by atoms with E-state index in [1.54, 1.807) is 9.47 Å². The third kappa shape index (κ3) is 4.81. The summed E-state index contributed by atoms with van der Waals surface area (Å²) < 4.78 is 1.67. The first-order chi connectivity index (χ1) is 17.4. The average Bonchev–Trinajstić information content (AvgIpc) is 3.60. The number of hydrogen-bond donors (Lipinski definition) is 2. The molecule has 1 atom stereocenters. The van der Waals surface area contributed by atoms with Crippen LogP contribution in [-0.4, -0.2) is 50.3 Å². The highest BCUT2D eigenvalue weighted by molar-refractivity contribution is 6.07. The van der Waals surface area contributed by atoms with Crippen LogP contribution in [0.25, 0.3) is 0 Å². The van der Waals surface area contributed by atoms with E-state index in [1.165, 1.54) is 24.7 Å². The van der Waals surface area contributed by atoms with Crippen molar-refractivity contribution in [2.24, 2.45) is 0 Å². The van der Waals surface area contributed by atoms with Gasteiger partial charge in [0.15, 0.2) is 5.69 Å². The first kappa shape index (κ1) is 24.3. The fourth-order valence-corrected chi connectivity index (χ4v) is 5.47. The normalized spacial score (nSPS) is 21.6. The highest BCUT2D eigenvalue weighted by Crippen LogP contribution is 2.38. The minimum Gasteiger partial charge on any atom is -0.350 e. The number of fused-ring (bicyclic) bond motifs is 1. The van der Waals surface area contributed by atoms with Gasteiger partial charge in [-0.3, -0.25) is 14.4 Å². The van der Waals surface area contributed by atoms with E-state index in [0.29, 0.717) is 13.1 Å². The van der Waals surface area contributed by atoms with E-state index in [-0.39, 0.29) is 41.7 Å². The monoisotopic (exact) mass is 489 g/mol. The predicted molar refractivity (Wildman–Crippen MR) is 136 cm³/mol. The molecule has 2 heterocycles. The van der Waals surface area contributed by atoms with Gasteiger partial charge in [0.2, 0.25) is 5.91 Å². The molecular weight excluding hydrogens is 454 g/mol. The van der Waals surface area contributed by atoms with Crippen LogP contribution in [0.5, 0.6) is 0 Å². The number of allylic oxidation sites excluding steroid dienone is 1. The van der Waals surface area contributed by atoms with Crippen LogP contribution >= 0.6 is 0 Å². The SMILES string of the molecule is Cc1cccc(CNC(=O)[C@@]2(C)Cn3cnc(C(=O)NCCC4=CCCCC4)c3C(=O)N2C2CC2)c1. The maximum atomic E-state index is 13.7. The smallest absolute Gasteiger partial charge is 0.274 e. The fraction of sp³-hybridized carbons (Fsp3) is 0.500. The van der Waals surface area contributed by atoms with Gasteiger partial charge in [-0.15, -0.1) is 0 Å². The minimum absolute atomic E-state index is 0.00465. The minimum atomic E-state index is -1.06. The van der Waals surface area contributed by atoms with E-state index in [4.69, 9.17) is 0 Å². The van der Waals surface area contributed by atoms with Crippen molar-refractivity contribution >= 4 is 17.7 Å². The Hall–Kier alpha value is -3.42. The first-order valence-corrected chi connectivity index (χ1v) is 13.1. The molecule has 3 amide bonds. The van der Waals surface area contributed by atoms with Crippen LogP contribution in [0.15, 0.2) is 42.2 Å². The molecule has 0 unspecified atom stereocenters. The molecular formula is C28H35N5O3. The number of nitrogens with zero attached hydrogens (tertiary/aromatic N) is 3. The summed E-state index contributed by atoms with van der Waals surface area (Å²) in [4.78, 5) is 46.2. The van der Waals surface area contributed by atoms with Crippen molar-refractivity contribution in [1.29, 1.82) is 0 Å². The Balaban J connectivity index is 1.31. The Morgan fingerprint density at radius 1 is 1.19 bits per heavy atom. The van der Waals surface area contributed by atoms with Gasteiger partial charge in [0, 0.05) is 19.1 Å². The molecule has 36 heavy (non-hydrogen) atoms. The molecule has 0 spiro atoms. The quantitative estimate of drug-likeness (QED) is 0.555. The van der Waals surface area contributed by atoms with Gasteiger partial charge in [-0.2, -0.15) is 0 Å². The van der Waals surface area contributed by atoms with Crippen molar-refractivity contribution < 1.29 is 14.4 Å². The van der Waals surface area contributed by atoms with Crippen molar-refractivity contribution in [3.8, 4) is 0 Å². The second-order valence-electron chi connectivity index (χ2n) is 10.5. The molecule has 1 aromatic carbocycles. The summed E-state index contributed by atoms with van der Waals surface area (Å²) in [7, 11) is 0. The number of aromatic nitrogens is 2. The molecule has 2 aliphatic carbocycles. The summed E-state index contributed by atoms with van der Waals surface area (Å²) in [6, 6.07) is 8.00. The van der Waals surface area contributed by atoms with Crippen LogP contribution in [-0.2, 0) is 17.9 Å². The molecule has 8 heteroatoms. The van der Waals surface area contributed by atoms with Crippen molar-refractivity contribution in [2.45, 2.75) is 83.5 Å². The molecule has 1 fully saturated rings. The Morgan fingerprint density at radius 3 is 2.75 bits per heavy atom. The Labute approximate surface area is 212 Å². The Morgan fingerprint density at radius 2 is 2.03 bits per heavy atom. The van der Waals surface area contributed by atoms with E-state index in [2.05, 4.69) is 21.7 Å². The summed E-state index contributed by atoms with van der Waals surface area (Å²) in [5, 5.41) is 5.98. The maximum absolute atomic E-state index is 13.7. The standard InChI is InChI=1S/C28H35N5O3/c1-19-7-6-10-21(15-19)16-30-27(36)28(2)17-32-18-31-23(24(32)26(35)33(28)22-11-12-22)25(34)29-14-13-20-8-4-3-5-9-20/h6-8,10,15,18,22H,3-5,9,11-14,16-17H2,1-2H3,(H,29,34)(H,30,36)/t28-/m1/s1. The van der Waals surface area contributed by atoms with Gasteiger partial charge < -0.3 is 20.1 Å². The first-order valence-electron chi connectivity index (χ1n) is 13.1. The molecule has 2 N–H and O–H groups in total. The van der Waals surface area contributed by atoms with Crippen LogP contribution in [0, 0.1) is 6.92 Å². The van der Waals surface area contributed by atoms with Gasteiger partial charge in [-0.25, -0.2) is 4.98 Å². The number of nitrogens with one attached hydrogen (secondary N) is 2. The summed E-state index contributed by atoms with van der Waals surface area (Å²) >= 11 is 0. The molecule has 2 aromatic rings. The number of hydrogen-bond acceptors (Lipinski definition) is 4. The number of carbonyl (C=O) groups excluding carboxylic acids is 3. The molecule has 3 aliphatic rings. The zero-order chi connectivity index (χ0) is 25.3. The lowest BCUT2D eigenvalue weighted by Crippen LogP contribution is -2.64. The number of benzene rings is 1. The Bertz CT molecular complexity index is 1210.